The first-order valence-corrected chi connectivity index (χ1v) is 9.65. The molecule has 0 aliphatic heterocycles. The van der Waals surface area contributed by atoms with Crippen LogP contribution < -0.4 is 5.73 Å². The van der Waals surface area contributed by atoms with Gasteiger partial charge in [-0.25, -0.2) is 4.98 Å². The number of pyridine rings is 1. The van der Waals surface area contributed by atoms with Crippen LogP contribution in [0.15, 0.2) is 54.6 Å². The smallest absolute Gasteiger partial charge is 0.142 e. The molecular formula is C24H23N3. The zero-order chi connectivity index (χ0) is 18.6. The van der Waals surface area contributed by atoms with Gasteiger partial charge >= 0.3 is 0 Å². The van der Waals surface area contributed by atoms with Crippen molar-refractivity contribution in [3.8, 4) is 28.3 Å². The highest BCUT2D eigenvalue weighted by Gasteiger charge is 2.20. The third kappa shape index (κ3) is 3.44. The molecule has 0 radical (unpaired) electrons. The van der Waals surface area contributed by atoms with Gasteiger partial charge in [-0.05, 0) is 47.9 Å². The highest BCUT2D eigenvalue weighted by Crippen LogP contribution is 2.35. The zero-order valence-corrected chi connectivity index (χ0v) is 15.4. The van der Waals surface area contributed by atoms with Gasteiger partial charge in [-0.3, -0.25) is 0 Å². The minimum atomic E-state index is 0.360. The molecule has 1 heterocycles. The average Bonchev–Trinajstić information content (AvgIpc) is 2.69. The Kier molecular flexibility index (Phi) is 4.89. The van der Waals surface area contributed by atoms with Gasteiger partial charge in [0.15, 0.2) is 0 Å². The van der Waals surface area contributed by atoms with Crippen molar-refractivity contribution in [3.63, 3.8) is 0 Å². The molecule has 0 saturated heterocycles. The lowest BCUT2D eigenvalue weighted by Gasteiger charge is -2.20. The molecule has 2 aromatic carbocycles. The summed E-state index contributed by atoms with van der Waals surface area (Å²) in [7, 11) is 0. The fraction of sp³-hybridized carbons (Fsp3) is 0.250. The van der Waals surface area contributed by atoms with E-state index < -0.39 is 0 Å². The maximum absolute atomic E-state index is 9.75. The molecule has 3 aromatic rings. The predicted molar refractivity (Wildman–Crippen MR) is 110 cm³/mol. The molecule has 27 heavy (non-hydrogen) atoms. The largest absolute Gasteiger partial charge is 0.383 e. The number of benzene rings is 2. The zero-order valence-electron chi connectivity index (χ0n) is 15.4. The predicted octanol–water partition coefficient (Wildman–Crippen LogP) is 5.53. The highest BCUT2D eigenvalue weighted by molar-refractivity contribution is 5.80. The maximum atomic E-state index is 9.75. The molecule has 0 saturated carbocycles. The Morgan fingerprint density at radius 2 is 1.41 bits per heavy atom. The fourth-order valence-corrected chi connectivity index (χ4v) is 4.01. The molecule has 0 atom stereocenters. The summed E-state index contributed by atoms with van der Waals surface area (Å²) in [5.74, 6) is 0.360. The molecule has 0 spiro atoms. The summed E-state index contributed by atoms with van der Waals surface area (Å²) in [4.78, 5) is 4.59. The van der Waals surface area contributed by atoms with E-state index in [1.165, 1.54) is 29.5 Å². The number of hydrogen-bond acceptors (Lipinski definition) is 3. The van der Waals surface area contributed by atoms with Crippen LogP contribution in [0, 0.1) is 11.3 Å². The Hall–Kier alpha value is -3.12. The van der Waals surface area contributed by atoms with Crippen LogP contribution in [0.1, 0.15) is 42.5 Å². The molecule has 1 aromatic heterocycles. The van der Waals surface area contributed by atoms with Crippen LogP contribution in [0.5, 0.6) is 0 Å². The Balaban J connectivity index is 1.84. The van der Waals surface area contributed by atoms with Gasteiger partial charge in [-0.2, -0.15) is 5.26 Å². The van der Waals surface area contributed by atoms with Crippen LogP contribution in [0.4, 0.5) is 5.82 Å². The van der Waals surface area contributed by atoms with Gasteiger partial charge in [0, 0.05) is 11.3 Å². The summed E-state index contributed by atoms with van der Waals surface area (Å²) in [6.45, 7) is 0. The van der Waals surface area contributed by atoms with Crippen LogP contribution in [0.3, 0.4) is 0 Å². The minimum absolute atomic E-state index is 0.360. The molecule has 0 bridgehead atoms. The second-order valence-corrected chi connectivity index (χ2v) is 7.14. The summed E-state index contributed by atoms with van der Waals surface area (Å²) in [5.41, 5.74) is 13.4. The lowest BCUT2D eigenvalue weighted by molar-refractivity contribution is 0.610. The molecular weight excluding hydrogens is 330 g/mol. The third-order valence-corrected chi connectivity index (χ3v) is 5.39. The molecule has 0 unspecified atom stereocenters. The maximum Gasteiger partial charge on any atom is 0.142 e. The van der Waals surface area contributed by atoms with E-state index in [1.54, 1.807) is 0 Å². The number of rotatable bonds is 2. The van der Waals surface area contributed by atoms with Crippen molar-refractivity contribution in [2.45, 2.75) is 38.5 Å². The van der Waals surface area contributed by atoms with E-state index in [-0.39, 0.29) is 0 Å². The molecule has 0 fully saturated rings. The van der Waals surface area contributed by atoms with Gasteiger partial charge in [0.1, 0.15) is 17.5 Å². The van der Waals surface area contributed by atoms with Gasteiger partial charge in [-0.15, -0.1) is 0 Å². The van der Waals surface area contributed by atoms with Crippen molar-refractivity contribution in [2.75, 3.05) is 5.73 Å². The van der Waals surface area contributed by atoms with Crippen LogP contribution in [-0.4, -0.2) is 4.98 Å². The van der Waals surface area contributed by atoms with E-state index in [2.05, 4.69) is 47.5 Å². The molecule has 2 N–H and O–H groups in total. The van der Waals surface area contributed by atoms with E-state index in [1.807, 2.05) is 18.2 Å². The summed E-state index contributed by atoms with van der Waals surface area (Å²) in [5, 5.41) is 9.75. The SMILES string of the molecule is N#Cc1c(N)nc2c(c1-c1ccc(-c3ccccc3)cc1)CCCCCC2. The Labute approximate surface area is 160 Å². The molecule has 134 valence electrons. The number of anilines is 1. The van der Waals surface area contributed by atoms with Gasteiger partial charge in [-0.1, -0.05) is 67.4 Å². The summed E-state index contributed by atoms with van der Waals surface area (Å²) >= 11 is 0. The third-order valence-electron chi connectivity index (χ3n) is 5.39. The van der Waals surface area contributed by atoms with Crippen molar-refractivity contribution in [1.29, 1.82) is 5.26 Å². The van der Waals surface area contributed by atoms with Crippen LogP contribution >= 0.6 is 0 Å². The minimum Gasteiger partial charge on any atom is -0.383 e. The standard InChI is InChI=1S/C24H23N3/c25-16-21-23(20-10-6-1-2-7-11-22(20)27-24(21)26)19-14-12-18(13-15-19)17-8-4-3-5-9-17/h3-5,8-9,12-15H,1-2,6-7,10-11H2,(H2,26,27). The van der Waals surface area contributed by atoms with Crippen molar-refractivity contribution < 1.29 is 0 Å². The first-order chi connectivity index (χ1) is 13.3. The van der Waals surface area contributed by atoms with Crippen molar-refractivity contribution in [3.05, 3.63) is 71.4 Å². The van der Waals surface area contributed by atoms with E-state index >= 15 is 0 Å². The number of aromatic nitrogens is 1. The molecule has 4 rings (SSSR count). The number of nitrogens with two attached hydrogens (primary N) is 1. The van der Waals surface area contributed by atoms with Crippen LogP contribution in [-0.2, 0) is 12.8 Å². The van der Waals surface area contributed by atoms with E-state index in [9.17, 15) is 5.26 Å². The second-order valence-electron chi connectivity index (χ2n) is 7.14. The number of nitriles is 1. The first-order valence-electron chi connectivity index (χ1n) is 9.65. The normalized spacial score (nSPS) is 13.9. The summed E-state index contributed by atoms with van der Waals surface area (Å²) in [6, 6.07) is 21.1. The number of nitrogen functional groups attached to an aromatic ring is 1. The molecule has 1 aliphatic carbocycles. The fourth-order valence-electron chi connectivity index (χ4n) is 4.01. The summed E-state index contributed by atoms with van der Waals surface area (Å²) in [6.07, 6.45) is 6.66. The highest BCUT2D eigenvalue weighted by atomic mass is 14.9. The van der Waals surface area contributed by atoms with Crippen molar-refractivity contribution >= 4 is 5.82 Å². The van der Waals surface area contributed by atoms with Gasteiger partial charge < -0.3 is 5.73 Å². The van der Waals surface area contributed by atoms with Gasteiger partial charge in [0.25, 0.3) is 0 Å². The Bertz CT molecular complexity index is 983. The second kappa shape index (κ2) is 7.63. The molecule has 0 amide bonds. The molecule has 1 aliphatic rings. The number of hydrogen-bond donors (Lipinski definition) is 1. The lowest BCUT2D eigenvalue weighted by atomic mass is 9.87. The monoisotopic (exact) mass is 353 g/mol. The number of aryl methyl sites for hydroxylation is 1. The number of fused-ring (bicyclic) bond motifs is 1. The van der Waals surface area contributed by atoms with Crippen LogP contribution in [0.2, 0.25) is 0 Å². The molecule has 3 heteroatoms. The lowest BCUT2D eigenvalue weighted by Crippen LogP contribution is -2.10. The van der Waals surface area contributed by atoms with Crippen molar-refractivity contribution in [1.82, 2.24) is 4.98 Å². The Morgan fingerprint density at radius 3 is 2.11 bits per heavy atom. The van der Waals surface area contributed by atoms with E-state index in [0.29, 0.717) is 11.4 Å². The van der Waals surface area contributed by atoms with E-state index in [4.69, 9.17) is 5.73 Å². The van der Waals surface area contributed by atoms with Crippen LogP contribution in [0.25, 0.3) is 22.3 Å². The van der Waals surface area contributed by atoms with E-state index in [0.717, 1.165) is 42.5 Å². The average molecular weight is 353 g/mol. The van der Waals surface area contributed by atoms with Gasteiger partial charge in [0.2, 0.25) is 0 Å². The van der Waals surface area contributed by atoms with Crippen molar-refractivity contribution in [2.24, 2.45) is 0 Å². The topological polar surface area (TPSA) is 62.7 Å². The summed E-state index contributed by atoms with van der Waals surface area (Å²) < 4.78 is 0. The number of nitrogens with zero attached hydrogens (tertiary/aromatic N) is 2. The van der Waals surface area contributed by atoms with Gasteiger partial charge in [0.05, 0.1) is 0 Å². The quantitative estimate of drug-likeness (QED) is 0.659. The first kappa shape index (κ1) is 17.3. The molecule has 3 nitrogen and oxygen atoms in total. The Morgan fingerprint density at radius 1 is 0.778 bits per heavy atom.